The van der Waals surface area contributed by atoms with Crippen LogP contribution in [0.1, 0.15) is 11.8 Å². The van der Waals surface area contributed by atoms with Crippen LogP contribution >= 0.6 is 23.1 Å². The minimum absolute atomic E-state index is 0.0544. The minimum atomic E-state index is -0.0544. The molecule has 0 fully saturated rings. The van der Waals surface area contributed by atoms with Gasteiger partial charge in [0.1, 0.15) is 5.70 Å². The Labute approximate surface area is 127 Å². The minimum Gasteiger partial charge on any atom is -0.282 e. The summed E-state index contributed by atoms with van der Waals surface area (Å²) in [6.45, 7) is 6.17. The number of nitrogens with zero attached hydrogens (tertiary/aromatic N) is 2. The maximum atomic E-state index is 12.3. The Hall–Kier alpha value is -1.59. The molecule has 0 aromatic carbocycles. The lowest BCUT2D eigenvalue weighted by Gasteiger charge is -2.14. The molecule has 0 bridgehead atoms. The van der Waals surface area contributed by atoms with Crippen LogP contribution in [0.2, 0.25) is 0 Å². The van der Waals surface area contributed by atoms with Crippen LogP contribution in [-0.4, -0.2) is 28.3 Å². The second-order valence-electron chi connectivity index (χ2n) is 4.02. The van der Waals surface area contributed by atoms with Crippen LogP contribution in [0.4, 0.5) is 0 Å². The number of carbonyl (C=O) groups is 1. The van der Waals surface area contributed by atoms with E-state index >= 15 is 0 Å². The normalized spacial score (nSPS) is 17.2. The first-order valence-corrected chi connectivity index (χ1v) is 8.13. The molecular weight excluding hydrogens is 288 g/mol. The van der Waals surface area contributed by atoms with Gasteiger partial charge >= 0.3 is 0 Å². The van der Waals surface area contributed by atoms with Gasteiger partial charge in [-0.1, -0.05) is 36.1 Å². The summed E-state index contributed by atoms with van der Waals surface area (Å²) in [5, 5.41) is 2.73. The molecule has 1 amide bonds. The summed E-state index contributed by atoms with van der Waals surface area (Å²) in [7, 11) is 0. The van der Waals surface area contributed by atoms with E-state index in [9.17, 15) is 4.79 Å². The molecule has 3 nitrogen and oxygen atoms in total. The molecule has 0 N–H and O–H groups in total. The molecule has 104 valence electrons. The Kier molecular flexibility index (Phi) is 5.38. The second kappa shape index (κ2) is 7.26. The van der Waals surface area contributed by atoms with Gasteiger partial charge in [0, 0.05) is 17.2 Å². The first kappa shape index (κ1) is 14.8. The number of aliphatic imine (C=N–C) groups is 1. The fraction of sp³-hybridized carbons (Fsp3) is 0.200. The molecule has 0 spiro atoms. The highest BCUT2D eigenvalue weighted by atomic mass is 32.2. The van der Waals surface area contributed by atoms with Crippen LogP contribution < -0.4 is 0 Å². The maximum Gasteiger partial charge on any atom is 0.278 e. The second-order valence-corrected chi connectivity index (χ2v) is 5.99. The highest BCUT2D eigenvalue weighted by Crippen LogP contribution is 2.25. The van der Waals surface area contributed by atoms with Crippen molar-refractivity contribution in [3.63, 3.8) is 0 Å². The van der Waals surface area contributed by atoms with Crippen LogP contribution in [0.5, 0.6) is 0 Å². The average molecular weight is 304 g/mol. The smallest absolute Gasteiger partial charge is 0.278 e. The first-order valence-electron chi connectivity index (χ1n) is 6.27. The number of hydrogen-bond acceptors (Lipinski definition) is 4. The molecule has 5 heteroatoms. The molecule has 0 unspecified atom stereocenters. The van der Waals surface area contributed by atoms with Crippen molar-refractivity contribution in [2.24, 2.45) is 4.99 Å². The summed E-state index contributed by atoms with van der Waals surface area (Å²) in [4.78, 5) is 19.5. The van der Waals surface area contributed by atoms with Crippen molar-refractivity contribution >= 4 is 40.2 Å². The fourth-order valence-electron chi connectivity index (χ4n) is 1.66. The molecular formula is C15H16N2OS2. The topological polar surface area (TPSA) is 32.7 Å². The summed E-state index contributed by atoms with van der Waals surface area (Å²) in [6, 6.07) is 3.94. The van der Waals surface area contributed by atoms with Gasteiger partial charge in [-0.3, -0.25) is 9.69 Å². The molecule has 2 heterocycles. The zero-order valence-electron chi connectivity index (χ0n) is 11.3. The Bertz CT molecular complexity index is 571. The Morgan fingerprint density at radius 2 is 2.40 bits per heavy atom. The molecule has 1 aliphatic heterocycles. The van der Waals surface area contributed by atoms with E-state index in [0.717, 1.165) is 15.8 Å². The molecule has 0 aliphatic carbocycles. The monoisotopic (exact) mass is 304 g/mol. The number of thiophene rings is 1. The van der Waals surface area contributed by atoms with E-state index < -0.39 is 0 Å². The van der Waals surface area contributed by atoms with Crippen molar-refractivity contribution in [1.82, 2.24) is 4.90 Å². The lowest BCUT2D eigenvalue weighted by atomic mass is 10.3. The quantitative estimate of drug-likeness (QED) is 0.612. The predicted octanol–water partition coefficient (Wildman–Crippen LogP) is 3.78. The number of amidine groups is 1. The van der Waals surface area contributed by atoms with E-state index in [-0.39, 0.29) is 5.91 Å². The van der Waals surface area contributed by atoms with E-state index in [4.69, 9.17) is 0 Å². The fourth-order valence-corrected chi connectivity index (χ4v) is 3.22. The SMILES string of the molecule is C=CCN1C(=O)/C(=C/c2cccs2)N=C1SC/C=C/C. The molecule has 2 rings (SSSR count). The van der Waals surface area contributed by atoms with E-state index in [2.05, 4.69) is 11.6 Å². The third-order valence-electron chi connectivity index (χ3n) is 2.59. The number of carbonyl (C=O) groups excluding carboxylic acids is 1. The van der Waals surface area contributed by atoms with Gasteiger partial charge in [0.15, 0.2) is 5.17 Å². The molecule has 1 aromatic rings. The van der Waals surface area contributed by atoms with Gasteiger partial charge < -0.3 is 0 Å². The van der Waals surface area contributed by atoms with Gasteiger partial charge in [-0.05, 0) is 24.4 Å². The third-order valence-corrected chi connectivity index (χ3v) is 4.34. The van der Waals surface area contributed by atoms with Gasteiger partial charge in [0.05, 0.1) is 0 Å². The number of thioether (sulfide) groups is 1. The summed E-state index contributed by atoms with van der Waals surface area (Å²) in [5.41, 5.74) is 0.497. The summed E-state index contributed by atoms with van der Waals surface area (Å²) in [6.07, 6.45) is 7.60. The zero-order valence-corrected chi connectivity index (χ0v) is 12.9. The van der Waals surface area contributed by atoms with Crippen molar-refractivity contribution in [1.29, 1.82) is 0 Å². The van der Waals surface area contributed by atoms with E-state index in [0.29, 0.717) is 12.2 Å². The van der Waals surface area contributed by atoms with Crippen LogP contribution in [0, 0.1) is 0 Å². The lowest BCUT2D eigenvalue weighted by molar-refractivity contribution is -0.122. The Morgan fingerprint density at radius 1 is 1.55 bits per heavy atom. The molecule has 0 saturated heterocycles. The Balaban J connectivity index is 2.21. The standard InChI is InChI=1S/C15H16N2OS2/c1-3-5-9-20-15-16-13(11-12-7-6-10-19-12)14(18)17(15)8-4-2/h3-7,10-11H,2,8-9H2,1H3/b5-3+,13-11-. The van der Waals surface area contributed by atoms with Crippen LogP contribution in [0.25, 0.3) is 6.08 Å². The number of rotatable bonds is 5. The summed E-state index contributed by atoms with van der Waals surface area (Å²) >= 11 is 3.15. The van der Waals surface area contributed by atoms with Gasteiger partial charge in [0.25, 0.3) is 5.91 Å². The molecule has 0 radical (unpaired) electrons. The maximum absolute atomic E-state index is 12.3. The van der Waals surface area contributed by atoms with E-state index in [1.54, 1.807) is 34.1 Å². The first-order chi connectivity index (χ1) is 9.76. The van der Waals surface area contributed by atoms with Crippen LogP contribution in [0.15, 0.2) is 53.0 Å². The summed E-state index contributed by atoms with van der Waals surface area (Å²) < 4.78 is 0. The zero-order chi connectivity index (χ0) is 14.4. The van der Waals surface area contributed by atoms with Crippen LogP contribution in [-0.2, 0) is 4.79 Å². The van der Waals surface area contributed by atoms with Crippen molar-refractivity contribution in [3.8, 4) is 0 Å². The van der Waals surface area contributed by atoms with E-state index in [1.165, 1.54) is 0 Å². The Morgan fingerprint density at radius 3 is 3.05 bits per heavy atom. The van der Waals surface area contributed by atoms with Crippen molar-refractivity contribution in [3.05, 3.63) is 52.9 Å². The van der Waals surface area contributed by atoms with E-state index in [1.807, 2.05) is 42.7 Å². The number of amides is 1. The van der Waals surface area contributed by atoms with Gasteiger partial charge in [-0.2, -0.15) is 0 Å². The predicted molar refractivity (Wildman–Crippen MR) is 88.9 cm³/mol. The van der Waals surface area contributed by atoms with Crippen molar-refractivity contribution in [2.75, 3.05) is 12.3 Å². The largest absolute Gasteiger partial charge is 0.282 e. The van der Waals surface area contributed by atoms with Crippen molar-refractivity contribution in [2.45, 2.75) is 6.92 Å². The van der Waals surface area contributed by atoms with Crippen molar-refractivity contribution < 1.29 is 4.79 Å². The van der Waals surface area contributed by atoms with Crippen LogP contribution in [0.3, 0.4) is 0 Å². The molecule has 20 heavy (non-hydrogen) atoms. The summed E-state index contributed by atoms with van der Waals surface area (Å²) in [5.74, 6) is 0.754. The van der Waals surface area contributed by atoms with Gasteiger partial charge in [-0.15, -0.1) is 17.9 Å². The highest BCUT2D eigenvalue weighted by molar-refractivity contribution is 8.14. The number of allylic oxidation sites excluding steroid dienone is 1. The number of hydrogen-bond donors (Lipinski definition) is 0. The highest BCUT2D eigenvalue weighted by Gasteiger charge is 2.29. The molecule has 0 atom stereocenters. The average Bonchev–Trinajstić information content (AvgIpc) is 3.04. The van der Waals surface area contributed by atoms with Gasteiger partial charge in [0.2, 0.25) is 0 Å². The molecule has 0 saturated carbocycles. The molecule has 1 aliphatic rings. The van der Waals surface area contributed by atoms with Gasteiger partial charge in [-0.25, -0.2) is 4.99 Å². The molecule has 1 aromatic heterocycles. The third kappa shape index (κ3) is 3.49. The lowest BCUT2D eigenvalue weighted by Crippen LogP contribution is -2.30.